The lowest BCUT2D eigenvalue weighted by atomic mass is 10.1. The molecule has 1 unspecified atom stereocenters. The van der Waals surface area contributed by atoms with E-state index in [-0.39, 0.29) is 11.9 Å². The smallest absolute Gasteiger partial charge is 0.254 e. The number of hydrogen-bond donors (Lipinski definition) is 1. The maximum Gasteiger partial charge on any atom is 0.254 e. The minimum Gasteiger partial charge on any atom is -0.363 e. The molecule has 0 aliphatic carbocycles. The van der Waals surface area contributed by atoms with Crippen LogP contribution < -0.4 is 0 Å². The van der Waals surface area contributed by atoms with Gasteiger partial charge in [-0.25, -0.2) is 4.98 Å². The van der Waals surface area contributed by atoms with Gasteiger partial charge in [-0.1, -0.05) is 11.6 Å². The number of likely N-dealkylation sites (tertiary alicyclic amines) is 1. The highest BCUT2D eigenvalue weighted by molar-refractivity contribution is 6.29. The first kappa shape index (κ1) is 12.2. The number of H-pyrrole nitrogens is 1. The molecule has 2 aromatic rings. The Morgan fingerprint density at radius 1 is 1.47 bits per heavy atom. The average molecular weight is 276 g/mol. The summed E-state index contributed by atoms with van der Waals surface area (Å²) in [7, 11) is 0. The van der Waals surface area contributed by atoms with Crippen molar-refractivity contribution in [2.45, 2.75) is 18.9 Å². The fraction of sp³-hybridized carbons (Fsp3) is 0.286. The monoisotopic (exact) mass is 275 g/mol. The molecule has 3 rings (SSSR count). The van der Waals surface area contributed by atoms with Gasteiger partial charge in [0.15, 0.2) is 0 Å². The summed E-state index contributed by atoms with van der Waals surface area (Å²) in [4.78, 5) is 21.5. The van der Waals surface area contributed by atoms with Crippen LogP contribution in [0.4, 0.5) is 0 Å². The van der Waals surface area contributed by atoms with Crippen molar-refractivity contribution in [2.75, 3.05) is 6.54 Å². The zero-order valence-electron chi connectivity index (χ0n) is 10.3. The van der Waals surface area contributed by atoms with Gasteiger partial charge in [-0.3, -0.25) is 4.79 Å². The highest BCUT2D eigenvalue weighted by atomic mass is 35.5. The van der Waals surface area contributed by atoms with Gasteiger partial charge in [-0.05, 0) is 37.1 Å². The summed E-state index contributed by atoms with van der Waals surface area (Å²) in [6.45, 7) is 0.780. The minimum atomic E-state index is 0.0152. The van der Waals surface area contributed by atoms with Gasteiger partial charge in [-0.15, -0.1) is 0 Å². The number of aromatic nitrogens is 2. The summed E-state index contributed by atoms with van der Waals surface area (Å²) >= 11 is 5.84. The molecule has 0 radical (unpaired) electrons. The molecule has 1 N–H and O–H groups in total. The van der Waals surface area contributed by atoms with Crippen molar-refractivity contribution in [2.24, 2.45) is 0 Å². The van der Waals surface area contributed by atoms with Crippen molar-refractivity contribution in [3.63, 3.8) is 0 Å². The number of aromatic amines is 1. The molecule has 1 fully saturated rings. The Labute approximate surface area is 116 Å². The molecule has 1 amide bonds. The Bertz CT molecular complexity index is 582. The van der Waals surface area contributed by atoms with Gasteiger partial charge < -0.3 is 9.88 Å². The standard InChI is InChI=1S/C14H14ClN3O/c15-13-9-10(5-7-17-13)14(19)18-8-2-4-12(18)11-3-1-6-16-11/h1,3,5-7,9,12,16H,2,4,8H2. The molecule has 0 aromatic carbocycles. The van der Waals surface area contributed by atoms with Gasteiger partial charge in [0.25, 0.3) is 5.91 Å². The molecule has 1 aliphatic heterocycles. The SMILES string of the molecule is O=C(c1ccnc(Cl)c1)N1CCCC1c1ccc[nH]1. The lowest BCUT2D eigenvalue weighted by molar-refractivity contribution is 0.0733. The molecule has 2 aromatic heterocycles. The first-order chi connectivity index (χ1) is 9.25. The van der Waals surface area contributed by atoms with E-state index in [1.54, 1.807) is 18.3 Å². The third kappa shape index (κ3) is 2.36. The van der Waals surface area contributed by atoms with Crippen molar-refractivity contribution < 1.29 is 4.79 Å². The summed E-state index contributed by atoms with van der Waals surface area (Å²) in [6.07, 6.45) is 5.47. The lowest BCUT2D eigenvalue weighted by Gasteiger charge is -2.24. The molecule has 3 heterocycles. The number of carbonyl (C=O) groups is 1. The Morgan fingerprint density at radius 2 is 2.37 bits per heavy atom. The summed E-state index contributed by atoms with van der Waals surface area (Å²) in [6, 6.07) is 7.44. The number of halogens is 1. The van der Waals surface area contributed by atoms with E-state index in [1.807, 2.05) is 23.2 Å². The third-order valence-corrected chi connectivity index (χ3v) is 3.67. The van der Waals surface area contributed by atoms with Crippen LogP contribution in [0, 0.1) is 0 Å². The average Bonchev–Trinajstić information content (AvgIpc) is 3.08. The predicted molar refractivity (Wildman–Crippen MR) is 73.1 cm³/mol. The van der Waals surface area contributed by atoms with Gasteiger partial charge >= 0.3 is 0 Å². The van der Waals surface area contributed by atoms with Crippen molar-refractivity contribution in [3.8, 4) is 0 Å². The van der Waals surface area contributed by atoms with E-state index in [0.717, 1.165) is 25.1 Å². The molecule has 0 bridgehead atoms. The summed E-state index contributed by atoms with van der Waals surface area (Å²) in [5.41, 5.74) is 1.68. The largest absolute Gasteiger partial charge is 0.363 e. The number of rotatable bonds is 2. The van der Waals surface area contributed by atoms with Crippen LogP contribution in [0.1, 0.15) is 34.9 Å². The first-order valence-corrected chi connectivity index (χ1v) is 6.69. The van der Waals surface area contributed by atoms with Gasteiger partial charge in [0.05, 0.1) is 6.04 Å². The van der Waals surface area contributed by atoms with E-state index in [9.17, 15) is 4.79 Å². The molecule has 0 spiro atoms. The maximum absolute atomic E-state index is 12.5. The molecule has 98 valence electrons. The van der Waals surface area contributed by atoms with Gasteiger partial charge in [0, 0.05) is 30.2 Å². The molecule has 1 saturated heterocycles. The maximum atomic E-state index is 12.5. The van der Waals surface area contributed by atoms with Crippen LogP contribution in [0.2, 0.25) is 5.15 Å². The van der Waals surface area contributed by atoms with Gasteiger partial charge in [0.2, 0.25) is 0 Å². The molecular weight excluding hydrogens is 262 g/mol. The molecule has 5 heteroatoms. The van der Waals surface area contributed by atoms with Crippen molar-refractivity contribution in [1.29, 1.82) is 0 Å². The molecule has 1 atom stereocenters. The van der Waals surface area contributed by atoms with Gasteiger partial charge in [-0.2, -0.15) is 0 Å². The van der Waals surface area contributed by atoms with Crippen LogP contribution in [0.3, 0.4) is 0 Å². The molecule has 19 heavy (non-hydrogen) atoms. The molecule has 1 aliphatic rings. The van der Waals surface area contributed by atoms with E-state index < -0.39 is 0 Å². The third-order valence-electron chi connectivity index (χ3n) is 3.47. The zero-order chi connectivity index (χ0) is 13.2. The zero-order valence-corrected chi connectivity index (χ0v) is 11.1. The van der Waals surface area contributed by atoms with Crippen LogP contribution in [-0.4, -0.2) is 27.3 Å². The second-order valence-corrected chi connectivity index (χ2v) is 5.04. The van der Waals surface area contributed by atoms with E-state index >= 15 is 0 Å². The summed E-state index contributed by atoms with van der Waals surface area (Å²) < 4.78 is 0. The van der Waals surface area contributed by atoms with E-state index in [2.05, 4.69) is 9.97 Å². The Balaban J connectivity index is 1.87. The van der Waals surface area contributed by atoms with E-state index in [1.165, 1.54) is 0 Å². The lowest BCUT2D eigenvalue weighted by Crippen LogP contribution is -2.30. The fourth-order valence-corrected chi connectivity index (χ4v) is 2.76. The van der Waals surface area contributed by atoms with Crippen molar-refractivity contribution >= 4 is 17.5 Å². The first-order valence-electron chi connectivity index (χ1n) is 6.31. The quantitative estimate of drug-likeness (QED) is 0.857. The van der Waals surface area contributed by atoms with E-state index in [4.69, 9.17) is 11.6 Å². The van der Waals surface area contributed by atoms with E-state index in [0.29, 0.717) is 10.7 Å². The van der Waals surface area contributed by atoms with Crippen LogP contribution in [0.25, 0.3) is 0 Å². The Hall–Kier alpha value is -1.81. The van der Waals surface area contributed by atoms with Crippen LogP contribution in [-0.2, 0) is 0 Å². The molecule has 0 saturated carbocycles. The topological polar surface area (TPSA) is 49.0 Å². The predicted octanol–water partition coefficient (Wildman–Crippen LogP) is 3.04. The number of nitrogens with zero attached hydrogens (tertiary/aromatic N) is 2. The number of pyridine rings is 1. The number of carbonyl (C=O) groups excluding carboxylic acids is 1. The number of nitrogens with one attached hydrogen (secondary N) is 1. The fourth-order valence-electron chi connectivity index (χ4n) is 2.59. The minimum absolute atomic E-state index is 0.0152. The molecule has 4 nitrogen and oxygen atoms in total. The van der Waals surface area contributed by atoms with Crippen molar-refractivity contribution in [3.05, 3.63) is 53.1 Å². The highest BCUT2D eigenvalue weighted by Gasteiger charge is 2.31. The summed E-state index contributed by atoms with van der Waals surface area (Å²) in [5, 5.41) is 0.349. The van der Waals surface area contributed by atoms with Crippen molar-refractivity contribution in [1.82, 2.24) is 14.9 Å². The molecular formula is C14H14ClN3O. The highest BCUT2D eigenvalue weighted by Crippen LogP contribution is 2.32. The normalized spacial score (nSPS) is 18.8. The van der Waals surface area contributed by atoms with Crippen LogP contribution in [0.15, 0.2) is 36.7 Å². The van der Waals surface area contributed by atoms with Crippen LogP contribution in [0.5, 0.6) is 0 Å². The second-order valence-electron chi connectivity index (χ2n) is 4.65. The number of amides is 1. The summed E-state index contributed by atoms with van der Waals surface area (Å²) in [5.74, 6) is 0.0152. The van der Waals surface area contributed by atoms with Crippen LogP contribution >= 0.6 is 11.6 Å². The number of hydrogen-bond acceptors (Lipinski definition) is 2. The second kappa shape index (κ2) is 5.05. The Kier molecular flexibility index (Phi) is 3.25. The van der Waals surface area contributed by atoms with Gasteiger partial charge in [0.1, 0.15) is 5.15 Å². The Morgan fingerprint density at radius 3 is 3.11 bits per heavy atom.